The summed E-state index contributed by atoms with van der Waals surface area (Å²) >= 11 is 0. The van der Waals surface area contributed by atoms with Gasteiger partial charge in [0.25, 0.3) is 0 Å². The minimum atomic E-state index is 0.469. The van der Waals surface area contributed by atoms with Crippen molar-refractivity contribution >= 4 is 0 Å². The van der Waals surface area contributed by atoms with Gasteiger partial charge < -0.3 is 5.73 Å². The zero-order chi connectivity index (χ0) is 14.9. The second kappa shape index (κ2) is 6.28. The molecule has 1 saturated heterocycles. The molecule has 112 valence electrons. The first-order valence-electron chi connectivity index (χ1n) is 7.97. The van der Waals surface area contributed by atoms with Crippen LogP contribution in [-0.2, 0) is 0 Å². The highest BCUT2D eigenvalue weighted by Crippen LogP contribution is 2.33. The summed E-state index contributed by atoms with van der Waals surface area (Å²) in [5.74, 6) is 0.812. The molecule has 1 aliphatic rings. The van der Waals surface area contributed by atoms with Gasteiger partial charge >= 0.3 is 0 Å². The smallest absolute Gasteiger partial charge is 0.0328 e. The summed E-state index contributed by atoms with van der Waals surface area (Å²) in [6.45, 7) is 13.3. The summed E-state index contributed by atoms with van der Waals surface area (Å²) in [5.41, 5.74) is 11.7. The molecule has 0 saturated carbocycles. The van der Waals surface area contributed by atoms with Gasteiger partial charge in [0.2, 0.25) is 0 Å². The summed E-state index contributed by atoms with van der Waals surface area (Å²) in [5, 5.41) is 0. The van der Waals surface area contributed by atoms with E-state index in [0.717, 1.165) is 12.5 Å². The minimum absolute atomic E-state index is 0.469. The molecule has 2 rings (SSSR count). The third kappa shape index (κ3) is 3.07. The maximum Gasteiger partial charge on any atom is 0.0328 e. The van der Waals surface area contributed by atoms with E-state index in [4.69, 9.17) is 5.73 Å². The monoisotopic (exact) mass is 274 g/mol. The van der Waals surface area contributed by atoms with Gasteiger partial charge in [-0.15, -0.1) is 0 Å². The Kier molecular flexibility index (Phi) is 4.87. The van der Waals surface area contributed by atoms with Crippen LogP contribution in [-0.4, -0.2) is 24.0 Å². The lowest BCUT2D eigenvalue weighted by Crippen LogP contribution is -2.47. The van der Waals surface area contributed by atoms with Crippen molar-refractivity contribution in [3.63, 3.8) is 0 Å². The summed E-state index contributed by atoms with van der Waals surface area (Å²) in [7, 11) is 0. The molecule has 20 heavy (non-hydrogen) atoms. The zero-order valence-electron chi connectivity index (χ0n) is 13.7. The van der Waals surface area contributed by atoms with Crippen LogP contribution in [0.2, 0.25) is 0 Å². The number of piperidine rings is 1. The van der Waals surface area contributed by atoms with Crippen LogP contribution >= 0.6 is 0 Å². The number of nitrogens with two attached hydrogens (primary N) is 1. The maximum atomic E-state index is 6.03. The Bertz CT molecular complexity index is 443. The Morgan fingerprint density at radius 1 is 1.25 bits per heavy atom. The molecular formula is C18H30N2. The van der Waals surface area contributed by atoms with Crippen LogP contribution < -0.4 is 5.73 Å². The van der Waals surface area contributed by atoms with Gasteiger partial charge in [0.05, 0.1) is 0 Å². The molecule has 3 unspecified atom stereocenters. The van der Waals surface area contributed by atoms with Crippen molar-refractivity contribution in [3.8, 4) is 0 Å². The number of benzene rings is 1. The molecule has 1 heterocycles. The van der Waals surface area contributed by atoms with Crippen molar-refractivity contribution in [1.82, 2.24) is 4.90 Å². The fraction of sp³-hybridized carbons (Fsp3) is 0.667. The van der Waals surface area contributed by atoms with E-state index in [0.29, 0.717) is 12.1 Å². The molecule has 1 aromatic carbocycles. The molecule has 1 aliphatic heterocycles. The average Bonchev–Trinajstić information content (AvgIpc) is 2.37. The van der Waals surface area contributed by atoms with E-state index in [1.54, 1.807) is 0 Å². The van der Waals surface area contributed by atoms with Crippen LogP contribution in [0.4, 0.5) is 0 Å². The number of rotatable bonds is 3. The number of nitrogens with zero attached hydrogens (tertiary/aromatic N) is 1. The predicted octanol–water partition coefficient (Wildman–Crippen LogP) is 3.73. The Balaban J connectivity index is 2.28. The first kappa shape index (κ1) is 15.5. The van der Waals surface area contributed by atoms with E-state index in [1.165, 1.54) is 41.6 Å². The molecule has 2 heteroatoms. The lowest BCUT2D eigenvalue weighted by atomic mass is 9.88. The molecule has 0 aromatic heterocycles. The number of aryl methyl sites for hydroxylation is 3. The van der Waals surface area contributed by atoms with Crippen molar-refractivity contribution in [3.05, 3.63) is 34.4 Å². The Labute approximate surface area is 124 Å². The summed E-state index contributed by atoms with van der Waals surface area (Å²) in [6, 6.07) is 5.62. The fourth-order valence-corrected chi connectivity index (χ4v) is 4.03. The standard InChI is InChI=1S/C18H30N2/c1-12-6-7-20(17(10-12)11-19)16(5)18-14(3)8-13(2)9-15(18)4/h8-9,12,16-17H,6-7,10-11,19H2,1-5H3. The van der Waals surface area contributed by atoms with Gasteiger partial charge in [-0.3, -0.25) is 4.90 Å². The quantitative estimate of drug-likeness (QED) is 0.910. The van der Waals surface area contributed by atoms with E-state index in [2.05, 4.69) is 51.7 Å². The van der Waals surface area contributed by atoms with Crippen molar-refractivity contribution < 1.29 is 0 Å². The molecule has 2 nitrogen and oxygen atoms in total. The lowest BCUT2D eigenvalue weighted by molar-refractivity contribution is 0.0829. The molecule has 0 amide bonds. The van der Waals surface area contributed by atoms with Crippen LogP contribution in [0.25, 0.3) is 0 Å². The molecule has 1 aromatic rings. The Morgan fingerprint density at radius 2 is 1.85 bits per heavy atom. The molecule has 2 N–H and O–H groups in total. The van der Waals surface area contributed by atoms with Gasteiger partial charge in [0.1, 0.15) is 0 Å². The Morgan fingerprint density at radius 3 is 2.40 bits per heavy atom. The van der Waals surface area contributed by atoms with Crippen LogP contribution in [0, 0.1) is 26.7 Å². The molecule has 0 radical (unpaired) electrons. The van der Waals surface area contributed by atoms with E-state index in [1.807, 2.05) is 0 Å². The summed E-state index contributed by atoms with van der Waals surface area (Å²) in [4.78, 5) is 2.63. The van der Waals surface area contributed by atoms with Gasteiger partial charge in [-0.25, -0.2) is 0 Å². The number of hydrogen-bond acceptors (Lipinski definition) is 2. The fourth-order valence-electron chi connectivity index (χ4n) is 4.03. The van der Waals surface area contributed by atoms with Crippen molar-refractivity contribution in [2.45, 2.75) is 59.5 Å². The van der Waals surface area contributed by atoms with Crippen LogP contribution in [0.5, 0.6) is 0 Å². The van der Waals surface area contributed by atoms with Crippen LogP contribution in [0.1, 0.15) is 55.0 Å². The molecular weight excluding hydrogens is 244 g/mol. The van der Waals surface area contributed by atoms with Gasteiger partial charge in [-0.2, -0.15) is 0 Å². The van der Waals surface area contributed by atoms with E-state index >= 15 is 0 Å². The zero-order valence-corrected chi connectivity index (χ0v) is 13.7. The molecule has 0 bridgehead atoms. The second-order valence-electron chi connectivity index (χ2n) is 6.75. The SMILES string of the molecule is Cc1cc(C)c(C(C)N2CCC(C)CC2CN)c(C)c1. The predicted molar refractivity (Wildman–Crippen MR) is 87.0 cm³/mol. The molecule has 3 atom stereocenters. The van der Waals surface area contributed by atoms with Crippen molar-refractivity contribution in [2.24, 2.45) is 11.7 Å². The van der Waals surface area contributed by atoms with E-state index in [9.17, 15) is 0 Å². The summed E-state index contributed by atoms with van der Waals surface area (Å²) < 4.78 is 0. The topological polar surface area (TPSA) is 29.3 Å². The van der Waals surface area contributed by atoms with Crippen LogP contribution in [0.15, 0.2) is 12.1 Å². The summed E-state index contributed by atoms with van der Waals surface area (Å²) in [6.07, 6.45) is 2.54. The third-order valence-corrected chi connectivity index (χ3v) is 4.95. The highest BCUT2D eigenvalue weighted by molar-refractivity contribution is 5.39. The van der Waals surface area contributed by atoms with E-state index in [-0.39, 0.29) is 0 Å². The number of hydrogen-bond donors (Lipinski definition) is 1. The molecule has 0 spiro atoms. The maximum absolute atomic E-state index is 6.03. The van der Waals surface area contributed by atoms with Gasteiger partial charge in [0, 0.05) is 18.6 Å². The Hall–Kier alpha value is -0.860. The average molecular weight is 274 g/mol. The van der Waals surface area contributed by atoms with Gasteiger partial charge in [-0.1, -0.05) is 24.6 Å². The van der Waals surface area contributed by atoms with Gasteiger partial charge in [-0.05, 0) is 69.7 Å². The lowest BCUT2D eigenvalue weighted by Gasteiger charge is -2.42. The normalized spacial score (nSPS) is 25.7. The van der Waals surface area contributed by atoms with Crippen LogP contribution in [0.3, 0.4) is 0 Å². The highest BCUT2D eigenvalue weighted by Gasteiger charge is 2.30. The first-order chi connectivity index (χ1) is 9.43. The van der Waals surface area contributed by atoms with Gasteiger partial charge in [0.15, 0.2) is 0 Å². The van der Waals surface area contributed by atoms with E-state index < -0.39 is 0 Å². The second-order valence-corrected chi connectivity index (χ2v) is 6.75. The number of likely N-dealkylation sites (tertiary alicyclic amines) is 1. The van der Waals surface area contributed by atoms with Crippen molar-refractivity contribution in [1.29, 1.82) is 0 Å². The highest BCUT2D eigenvalue weighted by atomic mass is 15.2. The third-order valence-electron chi connectivity index (χ3n) is 4.95. The van der Waals surface area contributed by atoms with Crippen molar-refractivity contribution in [2.75, 3.05) is 13.1 Å². The largest absolute Gasteiger partial charge is 0.329 e. The molecule has 0 aliphatic carbocycles. The minimum Gasteiger partial charge on any atom is -0.329 e. The molecule has 1 fully saturated rings. The first-order valence-corrected chi connectivity index (χ1v) is 7.97.